The van der Waals surface area contributed by atoms with Crippen LogP contribution in [-0.2, 0) is 11.2 Å². The first kappa shape index (κ1) is 21.9. The van der Waals surface area contributed by atoms with E-state index in [0.717, 1.165) is 37.1 Å². The zero-order valence-electron chi connectivity index (χ0n) is 13.6. The molecule has 0 atom stereocenters. The first-order valence-electron chi connectivity index (χ1n) is 7.64. The van der Waals surface area contributed by atoms with Gasteiger partial charge in [-0.3, -0.25) is 5.41 Å². The Morgan fingerprint density at radius 3 is 2.15 bits per heavy atom. The Balaban J connectivity index is 0.000000412. The summed E-state index contributed by atoms with van der Waals surface area (Å²) in [6, 6.07) is 5.19. The second-order valence-corrected chi connectivity index (χ2v) is 6.25. The molecule has 0 bridgehead atoms. The Morgan fingerprint density at radius 1 is 1.19 bits per heavy atom. The molecule has 26 heavy (non-hydrogen) atoms. The number of rotatable bonds is 4. The molecule has 0 amide bonds. The molecule has 0 aromatic heterocycles. The third kappa shape index (κ3) is 6.32. The highest BCUT2D eigenvalue weighted by molar-refractivity contribution is 9.09. The largest absolute Gasteiger partial charge is 0.490 e. The minimum atomic E-state index is -5.08. The van der Waals surface area contributed by atoms with Crippen LogP contribution in [0.4, 0.5) is 13.2 Å². The van der Waals surface area contributed by atoms with Gasteiger partial charge in [-0.1, -0.05) is 22.0 Å². The normalized spacial score (nSPS) is 13.8. The maximum absolute atomic E-state index is 11.2. The fourth-order valence-electron chi connectivity index (χ4n) is 2.38. The molecule has 6 nitrogen and oxygen atoms in total. The van der Waals surface area contributed by atoms with Crippen LogP contribution in [0.3, 0.4) is 0 Å². The fraction of sp³-hybridized carbons (Fsp3) is 0.438. The standard InChI is InChI=1S/C14H17BrN2O2.C2HF3O2/c15-6-5-10-9-11(3-4-12(10)14(18)19)13(16)17-7-1-2-8-17;3-2(4,5)1(6)7/h3-4,9,16H,1-2,5-8H2,(H,18,19);(H,6,7). The van der Waals surface area contributed by atoms with Gasteiger partial charge in [-0.15, -0.1) is 0 Å². The first-order chi connectivity index (χ1) is 12.1. The maximum Gasteiger partial charge on any atom is 0.490 e. The lowest BCUT2D eigenvalue weighted by molar-refractivity contribution is -0.192. The molecule has 1 aromatic rings. The summed E-state index contributed by atoms with van der Waals surface area (Å²) < 4.78 is 31.7. The molecule has 2 rings (SSSR count). The first-order valence-corrected chi connectivity index (χ1v) is 8.76. The molecule has 1 saturated heterocycles. The molecule has 0 radical (unpaired) electrons. The lowest BCUT2D eigenvalue weighted by atomic mass is 10.0. The van der Waals surface area contributed by atoms with E-state index in [9.17, 15) is 18.0 Å². The van der Waals surface area contributed by atoms with Gasteiger partial charge in [0.05, 0.1) is 5.56 Å². The van der Waals surface area contributed by atoms with Crippen molar-refractivity contribution < 1.29 is 33.0 Å². The number of hydrogen-bond donors (Lipinski definition) is 3. The number of aliphatic carboxylic acids is 1. The Labute approximate surface area is 156 Å². The number of alkyl halides is 4. The van der Waals surface area contributed by atoms with Gasteiger partial charge < -0.3 is 15.1 Å². The average Bonchev–Trinajstić information content (AvgIpc) is 3.08. The molecule has 1 aliphatic rings. The van der Waals surface area contributed by atoms with Gasteiger partial charge in [0, 0.05) is 24.0 Å². The molecule has 0 saturated carbocycles. The van der Waals surface area contributed by atoms with E-state index in [0.29, 0.717) is 23.1 Å². The van der Waals surface area contributed by atoms with E-state index in [2.05, 4.69) is 15.9 Å². The average molecular weight is 439 g/mol. The summed E-state index contributed by atoms with van der Waals surface area (Å²) in [4.78, 5) is 22.1. The number of carbonyl (C=O) groups is 2. The van der Waals surface area contributed by atoms with Crippen molar-refractivity contribution in [3.05, 3.63) is 34.9 Å². The van der Waals surface area contributed by atoms with Gasteiger partial charge in [0.1, 0.15) is 5.84 Å². The quantitative estimate of drug-likeness (QED) is 0.380. The number of likely N-dealkylation sites (tertiary alicyclic amines) is 1. The topological polar surface area (TPSA) is 102 Å². The Morgan fingerprint density at radius 2 is 1.73 bits per heavy atom. The lowest BCUT2D eigenvalue weighted by Gasteiger charge is -2.19. The predicted octanol–water partition coefficient (Wildman–Crippen LogP) is 3.38. The van der Waals surface area contributed by atoms with Crippen LogP contribution in [0.5, 0.6) is 0 Å². The van der Waals surface area contributed by atoms with Gasteiger partial charge in [-0.2, -0.15) is 13.2 Å². The number of hydrogen-bond acceptors (Lipinski definition) is 3. The van der Waals surface area contributed by atoms with E-state index in [4.69, 9.17) is 20.4 Å². The van der Waals surface area contributed by atoms with Crippen LogP contribution in [0, 0.1) is 5.41 Å². The highest BCUT2D eigenvalue weighted by Gasteiger charge is 2.38. The van der Waals surface area contributed by atoms with E-state index in [-0.39, 0.29) is 0 Å². The molecular weight excluding hydrogens is 421 g/mol. The molecule has 1 heterocycles. The van der Waals surface area contributed by atoms with Crippen molar-refractivity contribution in [1.82, 2.24) is 4.90 Å². The molecule has 1 fully saturated rings. The van der Waals surface area contributed by atoms with Gasteiger partial charge in [-0.25, -0.2) is 9.59 Å². The van der Waals surface area contributed by atoms with Gasteiger partial charge in [-0.05, 0) is 37.0 Å². The third-order valence-electron chi connectivity index (χ3n) is 3.64. The number of nitrogens with one attached hydrogen (secondary N) is 1. The number of amidine groups is 1. The second kappa shape index (κ2) is 9.56. The molecule has 3 N–H and O–H groups in total. The van der Waals surface area contributed by atoms with Crippen molar-refractivity contribution in [3.8, 4) is 0 Å². The molecule has 1 aliphatic heterocycles. The molecule has 0 spiro atoms. The van der Waals surface area contributed by atoms with Gasteiger partial charge in [0.15, 0.2) is 0 Å². The van der Waals surface area contributed by atoms with Crippen molar-refractivity contribution >= 4 is 33.7 Å². The maximum atomic E-state index is 11.2. The number of aromatic carboxylic acids is 1. The van der Waals surface area contributed by atoms with E-state index < -0.39 is 18.1 Å². The van der Waals surface area contributed by atoms with Gasteiger partial charge in [0.25, 0.3) is 0 Å². The Kier molecular flexibility index (Phi) is 8.07. The third-order valence-corrected chi connectivity index (χ3v) is 4.03. The number of nitrogens with zero attached hydrogens (tertiary/aromatic N) is 1. The Bertz CT molecular complexity index is 674. The number of benzene rings is 1. The summed E-state index contributed by atoms with van der Waals surface area (Å²) in [6.07, 6.45) is -2.17. The molecule has 144 valence electrons. The minimum absolute atomic E-state index is 0.331. The second-order valence-electron chi connectivity index (χ2n) is 5.46. The molecule has 0 unspecified atom stereocenters. The SMILES string of the molecule is N=C(c1ccc(C(=O)O)c(CCBr)c1)N1CCCC1.O=C(O)C(F)(F)F. The van der Waals surface area contributed by atoms with Crippen molar-refractivity contribution in [2.24, 2.45) is 0 Å². The summed E-state index contributed by atoms with van der Waals surface area (Å²) in [6.45, 7) is 1.85. The van der Waals surface area contributed by atoms with E-state index in [1.165, 1.54) is 0 Å². The zero-order chi connectivity index (χ0) is 19.9. The van der Waals surface area contributed by atoms with E-state index in [1.807, 2.05) is 11.0 Å². The van der Waals surface area contributed by atoms with Crippen molar-refractivity contribution in [2.45, 2.75) is 25.4 Å². The summed E-state index contributed by atoms with van der Waals surface area (Å²) in [5.41, 5.74) is 1.92. The highest BCUT2D eigenvalue weighted by atomic mass is 79.9. The summed E-state index contributed by atoms with van der Waals surface area (Å²) >= 11 is 3.34. The van der Waals surface area contributed by atoms with Crippen molar-refractivity contribution in [2.75, 3.05) is 18.4 Å². The highest BCUT2D eigenvalue weighted by Crippen LogP contribution is 2.18. The molecule has 10 heteroatoms. The van der Waals surface area contributed by atoms with Crippen LogP contribution in [0.1, 0.15) is 34.3 Å². The number of aryl methyl sites for hydroxylation is 1. The van der Waals surface area contributed by atoms with Gasteiger partial charge in [0.2, 0.25) is 0 Å². The minimum Gasteiger partial charge on any atom is -0.478 e. The van der Waals surface area contributed by atoms with Crippen LogP contribution in [0.15, 0.2) is 18.2 Å². The van der Waals surface area contributed by atoms with Crippen LogP contribution in [0.25, 0.3) is 0 Å². The molecular formula is C16H18BrF3N2O4. The van der Waals surface area contributed by atoms with Crippen LogP contribution in [-0.4, -0.2) is 57.5 Å². The van der Waals surface area contributed by atoms with Crippen molar-refractivity contribution in [3.63, 3.8) is 0 Å². The van der Waals surface area contributed by atoms with E-state index >= 15 is 0 Å². The predicted molar refractivity (Wildman–Crippen MR) is 92.2 cm³/mol. The number of carboxylic acids is 2. The van der Waals surface area contributed by atoms with Crippen molar-refractivity contribution in [1.29, 1.82) is 5.41 Å². The van der Waals surface area contributed by atoms with Crippen LogP contribution < -0.4 is 0 Å². The molecule has 0 aliphatic carbocycles. The summed E-state index contributed by atoms with van der Waals surface area (Å²) in [5.74, 6) is -3.16. The van der Waals surface area contributed by atoms with Crippen LogP contribution >= 0.6 is 15.9 Å². The zero-order valence-corrected chi connectivity index (χ0v) is 15.2. The Hall–Kier alpha value is -2.10. The lowest BCUT2D eigenvalue weighted by Crippen LogP contribution is -2.27. The fourth-order valence-corrected chi connectivity index (χ4v) is 2.81. The number of halogens is 4. The molecule has 1 aromatic carbocycles. The summed E-state index contributed by atoms with van der Waals surface area (Å²) in [7, 11) is 0. The summed E-state index contributed by atoms with van der Waals surface area (Å²) in [5, 5.41) is 25.2. The van der Waals surface area contributed by atoms with Crippen LogP contribution in [0.2, 0.25) is 0 Å². The van der Waals surface area contributed by atoms with Gasteiger partial charge >= 0.3 is 18.1 Å². The smallest absolute Gasteiger partial charge is 0.478 e. The number of carboxylic acid groups (broad SMARTS) is 2. The van der Waals surface area contributed by atoms with E-state index in [1.54, 1.807) is 12.1 Å². The monoisotopic (exact) mass is 438 g/mol.